The maximum absolute atomic E-state index is 5.92. The number of aromatic amines is 1. The van der Waals surface area contributed by atoms with Crippen LogP contribution in [-0.4, -0.2) is 4.98 Å². The van der Waals surface area contributed by atoms with E-state index in [9.17, 15) is 0 Å². The Kier molecular flexibility index (Phi) is 1.59. The second-order valence-electron chi connectivity index (χ2n) is 2.35. The van der Waals surface area contributed by atoms with Gasteiger partial charge in [0.05, 0.1) is 0 Å². The van der Waals surface area contributed by atoms with Crippen LogP contribution in [0.2, 0.25) is 5.15 Å². The Balaban J connectivity index is 2.53. The summed E-state index contributed by atoms with van der Waals surface area (Å²) in [4.78, 5) is 2.98. The van der Waals surface area contributed by atoms with E-state index in [1.165, 1.54) is 0 Å². The molecule has 0 amide bonds. The number of H-pyrrole nitrogens is 1. The standard InChI is InChI=1S/C7H6Cl2N2/c8-6-3-4-5(11-6)1-2-10-7(4)9/h1-3,7,10-11H. The van der Waals surface area contributed by atoms with E-state index in [0.717, 1.165) is 11.3 Å². The van der Waals surface area contributed by atoms with Gasteiger partial charge in [0, 0.05) is 11.3 Å². The summed E-state index contributed by atoms with van der Waals surface area (Å²) in [5.74, 6) is 0. The van der Waals surface area contributed by atoms with Crippen LogP contribution in [0.15, 0.2) is 12.3 Å². The Morgan fingerprint density at radius 3 is 3.00 bits per heavy atom. The van der Waals surface area contributed by atoms with Gasteiger partial charge in [0.15, 0.2) is 0 Å². The fourth-order valence-electron chi connectivity index (χ4n) is 1.10. The lowest BCUT2D eigenvalue weighted by molar-refractivity contribution is 0.822. The summed E-state index contributed by atoms with van der Waals surface area (Å²) in [7, 11) is 0. The van der Waals surface area contributed by atoms with E-state index in [4.69, 9.17) is 23.2 Å². The minimum Gasteiger partial charge on any atom is -0.371 e. The molecule has 4 heteroatoms. The molecule has 2 N–H and O–H groups in total. The highest BCUT2D eigenvalue weighted by atomic mass is 35.5. The number of rotatable bonds is 0. The number of hydrogen-bond donors (Lipinski definition) is 2. The molecular formula is C7H6Cl2N2. The van der Waals surface area contributed by atoms with Gasteiger partial charge in [-0.05, 0) is 18.3 Å². The van der Waals surface area contributed by atoms with E-state index in [0.29, 0.717) is 5.15 Å². The first-order valence-electron chi connectivity index (χ1n) is 3.22. The van der Waals surface area contributed by atoms with Gasteiger partial charge >= 0.3 is 0 Å². The Bertz CT molecular complexity index is 303. The summed E-state index contributed by atoms with van der Waals surface area (Å²) in [5, 5.41) is 3.58. The van der Waals surface area contributed by atoms with Crippen molar-refractivity contribution < 1.29 is 0 Å². The Morgan fingerprint density at radius 2 is 2.27 bits per heavy atom. The van der Waals surface area contributed by atoms with Crippen LogP contribution in [-0.2, 0) is 0 Å². The molecule has 1 aromatic rings. The minimum atomic E-state index is -0.168. The summed E-state index contributed by atoms with van der Waals surface area (Å²) in [6.07, 6.45) is 3.70. The van der Waals surface area contributed by atoms with Crippen molar-refractivity contribution in [2.45, 2.75) is 5.50 Å². The number of aromatic nitrogens is 1. The highest BCUT2D eigenvalue weighted by molar-refractivity contribution is 6.30. The molecule has 1 aromatic heterocycles. The molecule has 0 saturated heterocycles. The van der Waals surface area contributed by atoms with E-state index in [1.807, 2.05) is 12.1 Å². The highest BCUT2D eigenvalue weighted by Gasteiger charge is 2.15. The third-order valence-corrected chi connectivity index (χ3v) is 2.18. The molecule has 0 radical (unpaired) electrons. The number of halogens is 2. The van der Waals surface area contributed by atoms with Gasteiger partial charge in [-0.2, -0.15) is 0 Å². The van der Waals surface area contributed by atoms with Crippen molar-refractivity contribution in [3.05, 3.63) is 28.7 Å². The largest absolute Gasteiger partial charge is 0.371 e. The third kappa shape index (κ3) is 1.12. The van der Waals surface area contributed by atoms with E-state index >= 15 is 0 Å². The monoisotopic (exact) mass is 188 g/mol. The van der Waals surface area contributed by atoms with Crippen molar-refractivity contribution in [1.29, 1.82) is 0 Å². The van der Waals surface area contributed by atoms with E-state index in [-0.39, 0.29) is 5.50 Å². The zero-order valence-electron chi connectivity index (χ0n) is 5.57. The van der Waals surface area contributed by atoms with Crippen LogP contribution in [0.25, 0.3) is 6.08 Å². The van der Waals surface area contributed by atoms with Crippen LogP contribution in [0.5, 0.6) is 0 Å². The molecule has 0 aromatic carbocycles. The number of hydrogen-bond acceptors (Lipinski definition) is 1. The molecule has 2 nitrogen and oxygen atoms in total. The van der Waals surface area contributed by atoms with E-state index in [1.54, 1.807) is 6.20 Å². The molecule has 0 saturated carbocycles. The molecule has 1 aliphatic rings. The van der Waals surface area contributed by atoms with Gasteiger partial charge in [0.25, 0.3) is 0 Å². The minimum absolute atomic E-state index is 0.168. The highest BCUT2D eigenvalue weighted by Crippen LogP contribution is 2.28. The zero-order valence-corrected chi connectivity index (χ0v) is 7.08. The van der Waals surface area contributed by atoms with Gasteiger partial charge < -0.3 is 10.3 Å². The summed E-state index contributed by atoms with van der Waals surface area (Å²) in [6.45, 7) is 0. The lowest BCUT2D eigenvalue weighted by atomic mass is 10.2. The molecule has 1 unspecified atom stereocenters. The van der Waals surface area contributed by atoms with Crippen molar-refractivity contribution in [2.75, 3.05) is 0 Å². The number of fused-ring (bicyclic) bond motifs is 1. The molecule has 2 rings (SSSR count). The molecule has 0 aliphatic carbocycles. The molecule has 1 aliphatic heterocycles. The Labute approximate surface area is 74.2 Å². The topological polar surface area (TPSA) is 27.8 Å². The van der Waals surface area contributed by atoms with Crippen molar-refractivity contribution in [2.24, 2.45) is 0 Å². The molecule has 58 valence electrons. The van der Waals surface area contributed by atoms with Crippen LogP contribution in [0.3, 0.4) is 0 Å². The van der Waals surface area contributed by atoms with Crippen LogP contribution < -0.4 is 5.32 Å². The summed E-state index contributed by atoms with van der Waals surface area (Å²) < 4.78 is 0. The first kappa shape index (κ1) is 7.07. The van der Waals surface area contributed by atoms with Crippen molar-refractivity contribution >= 4 is 29.3 Å². The fraction of sp³-hybridized carbons (Fsp3) is 0.143. The van der Waals surface area contributed by atoms with E-state index in [2.05, 4.69) is 10.3 Å². The summed E-state index contributed by atoms with van der Waals surface area (Å²) in [5.41, 5.74) is 1.81. The quantitative estimate of drug-likeness (QED) is 0.476. The molecule has 11 heavy (non-hydrogen) atoms. The van der Waals surface area contributed by atoms with Crippen LogP contribution in [0.4, 0.5) is 0 Å². The predicted molar refractivity (Wildman–Crippen MR) is 46.6 cm³/mol. The van der Waals surface area contributed by atoms with Gasteiger partial charge in [-0.15, -0.1) is 0 Å². The first-order valence-corrected chi connectivity index (χ1v) is 4.04. The number of alkyl halides is 1. The van der Waals surface area contributed by atoms with E-state index < -0.39 is 0 Å². The first-order chi connectivity index (χ1) is 5.27. The smallest absolute Gasteiger partial charge is 0.129 e. The molecule has 1 atom stereocenters. The second kappa shape index (κ2) is 2.47. The lowest BCUT2D eigenvalue weighted by Gasteiger charge is -2.13. The maximum Gasteiger partial charge on any atom is 0.129 e. The predicted octanol–water partition coefficient (Wildman–Crippen LogP) is 2.48. The van der Waals surface area contributed by atoms with Gasteiger partial charge in [-0.3, -0.25) is 0 Å². The average molecular weight is 189 g/mol. The van der Waals surface area contributed by atoms with Crippen molar-refractivity contribution in [3.8, 4) is 0 Å². The van der Waals surface area contributed by atoms with Gasteiger partial charge in [-0.25, -0.2) is 0 Å². The van der Waals surface area contributed by atoms with Gasteiger partial charge in [0.1, 0.15) is 10.7 Å². The molecular weight excluding hydrogens is 183 g/mol. The summed E-state index contributed by atoms with van der Waals surface area (Å²) in [6, 6.07) is 1.82. The second-order valence-corrected chi connectivity index (χ2v) is 3.19. The molecule has 2 heterocycles. The van der Waals surface area contributed by atoms with Crippen LogP contribution >= 0.6 is 23.2 Å². The SMILES string of the molecule is Clc1cc2c([nH]1)C=CNC2Cl. The van der Waals surface area contributed by atoms with Gasteiger partial charge in [-0.1, -0.05) is 23.2 Å². The average Bonchev–Trinajstić information content (AvgIpc) is 2.31. The molecule has 0 spiro atoms. The normalized spacial score (nSPS) is 21.1. The molecule has 0 fully saturated rings. The Hall–Kier alpha value is -0.600. The number of nitrogens with one attached hydrogen (secondary N) is 2. The van der Waals surface area contributed by atoms with Crippen molar-refractivity contribution in [1.82, 2.24) is 10.3 Å². The van der Waals surface area contributed by atoms with Crippen LogP contribution in [0.1, 0.15) is 16.8 Å². The Morgan fingerprint density at radius 1 is 1.45 bits per heavy atom. The lowest BCUT2D eigenvalue weighted by Crippen LogP contribution is -2.12. The molecule has 0 bridgehead atoms. The maximum atomic E-state index is 5.92. The zero-order chi connectivity index (χ0) is 7.84. The van der Waals surface area contributed by atoms with Crippen molar-refractivity contribution in [3.63, 3.8) is 0 Å². The summed E-state index contributed by atoms with van der Waals surface area (Å²) >= 11 is 11.7. The van der Waals surface area contributed by atoms with Crippen LogP contribution in [0, 0.1) is 0 Å². The van der Waals surface area contributed by atoms with Gasteiger partial charge in [0.2, 0.25) is 0 Å². The fourth-order valence-corrected chi connectivity index (χ4v) is 1.58. The third-order valence-electron chi connectivity index (χ3n) is 1.61.